The highest BCUT2D eigenvalue weighted by Crippen LogP contribution is 1.99. The van der Waals surface area contributed by atoms with Crippen molar-refractivity contribution >= 4 is 5.91 Å². The van der Waals surface area contributed by atoms with Crippen LogP contribution in [0.2, 0.25) is 0 Å². The molecule has 0 aromatic carbocycles. The summed E-state index contributed by atoms with van der Waals surface area (Å²) in [6, 6.07) is -0.121. The van der Waals surface area contributed by atoms with Gasteiger partial charge in [0.15, 0.2) is 0 Å². The second-order valence-electron chi connectivity index (χ2n) is 4.64. The van der Waals surface area contributed by atoms with E-state index in [0.29, 0.717) is 6.54 Å². The zero-order valence-corrected chi connectivity index (χ0v) is 9.79. The van der Waals surface area contributed by atoms with Gasteiger partial charge in [-0.3, -0.25) is 4.79 Å². The molecular formula is C10H22N2O2. The molecule has 0 aliphatic carbocycles. The standard InChI is InChI=1S/C10H22N2O2/c1-8(7-13)12(5)9(14)6-11-10(2,3)4/h8,11,13H,6-7H2,1-5H3. The fourth-order valence-electron chi connectivity index (χ4n) is 0.834. The predicted octanol–water partition coefficient (Wildman–Crippen LogP) is 0.214. The van der Waals surface area contributed by atoms with Crippen molar-refractivity contribution in [3.05, 3.63) is 0 Å². The fraction of sp³-hybridized carbons (Fsp3) is 0.900. The summed E-state index contributed by atoms with van der Waals surface area (Å²) in [5.41, 5.74) is -0.0566. The number of hydrogen-bond donors (Lipinski definition) is 2. The van der Waals surface area contributed by atoms with Gasteiger partial charge < -0.3 is 15.3 Å². The predicted molar refractivity (Wildman–Crippen MR) is 57.1 cm³/mol. The van der Waals surface area contributed by atoms with Crippen LogP contribution in [0.5, 0.6) is 0 Å². The molecule has 1 amide bonds. The van der Waals surface area contributed by atoms with Crippen molar-refractivity contribution < 1.29 is 9.90 Å². The molecule has 4 heteroatoms. The smallest absolute Gasteiger partial charge is 0.236 e. The van der Waals surface area contributed by atoms with Crippen molar-refractivity contribution in [3.63, 3.8) is 0 Å². The van der Waals surface area contributed by atoms with E-state index in [-0.39, 0.29) is 24.1 Å². The van der Waals surface area contributed by atoms with Gasteiger partial charge in [-0.15, -0.1) is 0 Å². The maximum absolute atomic E-state index is 11.5. The Bertz CT molecular complexity index is 187. The SMILES string of the molecule is CC(CO)N(C)C(=O)CNC(C)(C)C. The van der Waals surface area contributed by atoms with Crippen LogP contribution in [0, 0.1) is 0 Å². The van der Waals surface area contributed by atoms with Crippen LogP contribution in [-0.4, -0.2) is 47.7 Å². The Labute approximate surface area is 86.3 Å². The third-order valence-corrected chi connectivity index (χ3v) is 2.09. The van der Waals surface area contributed by atoms with Crippen molar-refractivity contribution in [1.82, 2.24) is 10.2 Å². The number of amides is 1. The molecule has 0 spiro atoms. The molecule has 2 N–H and O–H groups in total. The fourth-order valence-corrected chi connectivity index (χ4v) is 0.834. The van der Waals surface area contributed by atoms with Gasteiger partial charge in [0.2, 0.25) is 5.91 Å². The van der Waals surface area contributed by atoms with E-state index in [4.69, 9.17) is 5.11 Å². The molecule has 0 saturated heterocycles. The minimum Gasteiger partial charge on any atom is -0.394 e. The van der Waals surface area contributed by atoms with E-state index in [0.717, 1.165) is 0 Å². The van der Waals surface area contributed by atoms with Gasteiger partial charge in [-0.1, -0.05) is 0 Å². The van der Waals surface area contributed by atoms with Crippen LogP contribution in [0.25, 0.3) is 0 Å². The summed E-state index contributed by atoms with van der Waals surface area (Å²) in [7, 11) is 1.70. The minimum absolute atomic E-state index is 0.00137. The van der Waals surface area contributed by atoms with Crippen LogP contribution in [-0.2, 0) is 4.79 Å². The van der Waals surface area contributed by atoms with Crippen molar-refractivity contribution in [2.75, 3.05) is 20.2 Å². The molecule has 1 unspecified atom stereocenters. The second kappa shape index (κ2) is 5.32. The summed E-state index contributed by atoms with van der Waals surface area (Å²) in [5, 5.41) is 12.0. The summed E-state index contributed by atoms with van der Waals surface area (Å²) in [6.45, 7) is 8.15. The average Bonchev–Trinajstić information content (AvgIpc) is 2.10. The van der Waals surface area contributed by atoms with Gasteiger partial charge in [0.1, 0.15) is 0 Å². The Kier molecular flexibility index (Phi) is 5.08. The number of aliphatic hydroxyl groups is 1. The molecule has 0 bridgehead atoms. The third kappa shape index (κ3) is 5.19. The van der Waals surface area contributed by atoms with Crippen molar-refractivity contribution in [1.29, 1.82) is 0 Å². The third-order valence-electron chi connectivity index (χ3n) is 2.09. The molecular weight excluding hydrogens is 180 g/mol. The topological polar surface area (TPSA) is 52.6 Å². The maximum atomic E-state index is 11.5. The molecule has 84 valence electrons. The summed E-state index contributed by atoms with van der Waals surface area (Å²) in [4.78, 5) is 13.1. The molecule has 0 aromatic rings. The average molecular weight is 202 g/mol. The van der Waals surface area contributed by atoms with Gasteiger partial charge in [0.25, 0.3) is 0 Å². The van der Waals surface area contributed by atoms with Crippen LogP contribution in [0.1, 0.15) is 27.7 Å². The first-order chi connectivity index (χ1) is 6.28. The quantitative estimate of drug-likeness (QED) is 0.685. The maximum Gasteiger partial charge on any atom is 0.236 e. The Morgan fingerprint density at radius 3 is 2.36 bits per heavy atom. The Balaban J connectivity index is 3.97. The lowest BCUT2D eigenvalue weighted by atomic mass is 10.1. The van der Waals surface area contributed by atoms with E-state index in [9.17, 15) is 4.79 Å². The Hall–Kier alpha value is -0.610. The zero-order valence-electron chi connectivity index (χ0n) is 9.79. The highest BCUT2D eigenvalue weighted by molar-refractivity contribution is 5.78. The summed E-state index contributed by atoms with van der Waals surface area (Å²) < 4.78 is 0. The lowest BCUT2D eigenvalue weighted by molar-refractivity contribution is -0.131. The highest BCUT2D eigenvalue weighted by Gasteiger charge is 2.17. The van der Waals surface area contributed by atoms with Gasteiger partial charge in [-0.05, 0) is 27.7 Å². The van der Waals surface area contributed by atoms with Crippen LogP contribution in [0.15, 0.2) is 0 Å². The summed E-state index contributed by atoms with van der Waals surface area (Å²) in [5.74, 6) is 0.00137. The van der Waals surface area contributed by atoms with E-state index in [1.807, 2.05) is 27.7 Å². The van der Waals surface area contributed by atoms with Gasteiger partial charge in [-0.25, -0.2) is 0 Å². The summed E-state index contributed by atoms with van der Waals surface area (Å²) in [6.07, 6.45) is 0. The van der Waals surface area contributed by atoms with Crippen LogP contribution >= 0.6 is 0 Å². The second-order valence-corrected chi connectivity index (χ2v) is 4.64. The normalized spacial score (nSPS) is 13.9. The van der Waals surface area contributed by atoms with Gasteiger partial charge in [-0.2, -0.15) is 0 Å². The molecule has 14 heavy (non-hydrogen) atoms. The number of nitrogens with zero attached hydrogens (tertiary/aromatic N) is 1. The Morgan fingerprint density at radius 2 is 2.00 bits per heavy atom. The zero-order chi connectivity index (χ0) is 11.4. The van der Waals surface area contributed by atoms with E-state index in [1.54, 1.807) is 11.9 Å². The monoisotopic (exact) mass is 202 g/mol. The molecule has 0 heterocycles. The summed E-state index contributed by atoms with van der Waals surface area (Å²) >= 11 is 0. The van der Waals surface area contributed by atoms with Gasteiger partial charge >= 0.3 is 0 Å². The number of aliphatic hydroxyl groups excluding tert-OH is 1. The van der Waals surface area contributed by atoms with Crippen molar-refractivity contribution in [2.24, 2.45) is 0 Å². The van der Waals surface area contributed by atoms with E-state index < -0.39 is 0 Å². The minimum atomic E-state index is -0.121. The molecule has 0 radical (unpaired) electrons. The number of hydrogen-bond acceptors (Lipinski definition) is 3. The first-order valence-electron chi connectivity index (χ1n) is 4.89. The molecule has 4 nitrogen and oxygen atoms in total. The van der Waals surface area contributed by atoms with Crippen LogP contribution in [0.4, 0.5) is 0 Å². The molecule has 1 atom stereocenters. The molecule has 0 aliphatic heterocycles. The number of likely N-dealkylation sites (N-methyl/N-ethyl adjacent to an activating group) is 1. The van der Waals surface area contributed by atoms with Crippen molar-refractivity contribution in [3.8, 4) is 0 Å². The molecule has 0 saturated carbocycles. The van der Waals surface area contributed by atoms with Gasteiger partial charge in [0.05, 0.1) is 19.2 Å². The van der Waals surface area contributed by atoms with Crippen LogP contribution < -0.4 is 5.32 Å². The highest BCUT2D eigenvalue weighted by atomic mass is 16.3. The molecule has 0 rings (SSSR count). The van der Waals surface area contributed by atoms with Crippen LogP contribution in [0.3, 0.4) is 0 Å². The number of carbonyl (C=O) groups excluding carboxylic acids is 1. The Morgan fingerprint density at radius 1 is 1.50 bits per heavy atom. The molecule has 0 fully saturated rings. The first kappa shape index (κ1) is 13.4. The lowest BCUT2D eigenvalue weighted by Gasteiger charge is -2.26. The number of rotatable bonds is 4. The number of carbonyl (C=O) groups is 1. The largest absolute Gasteiger partial charge is 0.394 e. The lowest BCUT2D eigenvalue weighted by Crippen LogP contribution is -2.46. The van der Waals surface area contributed by atoms with E-state index in [2.05, 4.69) is 5.32 Å². The molecule has 0 aromatic heterocycles. The van der Waals surface area contributed by atoms with Crippen molar-refractivity contribution in [2.45, 2.75) is 39.3 Å². The first-order valence-corrected chi connectivity index (χ1v) is 4.89. The molecule has 0 aliphatic rings. The van der Waals surface area contributed by atoms with Gasteiger partial charge in [0, 0.05) is 12.6 Å². The van der Waals surface area contributed by atoms with E-state index in [1.165, 1.54) is 0 Å². The van der Waals surface area contributed by atoms with E-state index >= 15 is 0 Å². The number of nitrogens with one attached hydrogen (secondary N) is 1.